The Hall–Kier alpha value is -4.04. The number of benzene rings is 4. The quantitative estimate of drug-likeness (QED) is 0.277. The number of rotatable bonds is 2. The highest BCUT2D eigenvalue weighted by atomic mass is 14.7. The summed E-state index contributed by atoms with van der Waals surface area (Å²) < 4.78 is 0. The van der Waals surface area contributed by atoms with Crippen LogP contribution in [0.4, 0.5) is 0 Å². The van der Waals surface area contributed by atoms with Gasteiger partial charge in [0.1, 0.15) is 0 Å². The fourth-order valence-corrected chi connectivity index (χ4v) is 4.50. The lowest BCUT2D eigenvalue weighted by molar-refractivity contribution is 0.942. The number of hydrogen-bond acceptors (Lipinski definition) is 2. The third-order valence-corrected chi connectivity index (χ3v) is 6.18. The van der Waals surface area contributed by atoms with Crippen LogP contribution in [-0.2, 0) is 6.42 Å². The largest absolute Gasteiger partial charge is 0.284 e. The van der Waals surface area contributed by atoms with Crippen molar-refractivity contribution in [1.29, 1.82) is 0 Å². The summed E-state index contributed by atoms with van der Waals surface area (Å²) in [5.41, 5.74) is 9.93. The van der Waals surface area contributed by atoms with Crippen LogP contribution in [0.2, 0.25) is 0 Å². The number of pyridine rings is 1. The molecule has 4 aromatic carbocycles. The van der Waals surface area contributed by atoms with Crippen molar-refractivity contribution in [1.82, 2.24) is 4.98 Å². The minimum Gasteiger partial charge on any atom is -0.284 e. The Morgan fingerprint density at radius 3 is 2.09 bits per heavy atom. The van der Waals surface area contributed by atoms with E-state index in [1.54, 1.807) is 0 Å². The summed E-state index contributed by atoms with van der Waals surface area (Å²) in [5, 5.41) is 2.46. The van der Waals surface area contributed by atoms with Crippen molar-refractivity contribution >= 4 is 16.5 Å². The first-order valence-electron chi connectivity index (χ1n) is 11.8. The van der Waals surface area contributed by atoms with E-state index in [9.17, 15) is 0 Å². The molecule has 0 saturated carbocycles. The summed E-state index contributed by atoms with van der Waals surface area (Å²) >= 11 is 0. The van der Waals surface area contributed by atoms with Crippen molar-refractivity contribution in [3.63, 3.8) is 0 Å². The molecule has 6 rings (SSSR count). The highest BCUT2D eigenvalue weighted by molar-refractivity contribution is 6.14. The standard InChI is InChI=1S/C16H15N.C16H13N/c2*1-12-7-8-15-14(11-12)9-10-17-16(15)13-5-3-2-4-6-13/h2-8,11H,9-10H2,1H3;2-11H,1H3. The van der Waals surface area contributed by atoms with Gasteiger partial charge in [0, 0.05) is 34.8 Å². The molecule has 166 valence electrons. The van der Waals surface area contributed by atoms with Crippen LogP contribution in [0, 0.1) is 13.8 Å². The van der Waals surface area contributed by atoms with E-state index in [-0.39, 0.29) is 0 Å². The van der Waals surface area contributed by atoms with Crippen LogP contribution < -0.4 is 0 Å². The van der Waals surface area contributed by atoms with Gasteiger partial charge < -0.3 is 0 Å². The van der Waals surface area contributed by atoms with E-state index in [2.05, 4.69) is 103 Å². The fourth-order valence-electron chi connectivity index (χ4n) is 4.50. The maximum absolute atomic E-state index is 4.69. The second kappa shape index (κ2) is 9.84. The molecular weight excluding hydrogens is 412 g/mol. The monoisotopic (exact) mass is 440 g/mol. The molecule has 0 bridgehead atoms. The van der Waals surface area contributed by atoms with Gasteiger partial charge in [-0.05, 0) is 37.3 Å². The van der Waals surface area contributed by atoms with Gasteiger partial charge in [0.15, 0.2) is 0 Å². The highest BCUT2D eigenvalue weighted by Crippen LogP contribution is 2.26. The van der Waals surface area contributed by atoms with Gasteiger partial charge in [0.05, 0.1) is 11.4 Å². The van der Waals surface area contributed by atoms with E-state index in [4.69, 9.17) is 0 Å². The molecule has 0 atom stereocenters. The van der Waals surface area contributed by atoms with Crippen molar-refractivity contribution in [3.8, 4) is 11.3 Å². The number of nitrogens with zero attached hydrogens (tertiary/aromatic N) is 2. The zero-order valence-electron chi connectivity index (χ0n) is 19.7. The zero-order valence-corrected chi connectivity index (χ0v) is 19.7. The van der Waals surface area contributed by atoms with Crippen LogP contribution in [0.5, 0.6) is 0 Å². The van der Waals surface area contributed by atoms with Gasteiger partial charge in [-0.1, -0.05) is 108 Å². The summed E-state index contributed by atoms with van der Waals surface area (Å²) in [4.78, 5) is 9.19. The average molecular weight is 441 g/mol. The topological polar surface area (TPSA) is 25.2 Å². The molecule has 1 aromatic heterocycles. The first-order chi connectivity index (χ1) is 16.7. The summed E-state index contributed by atoms with van der Waals surface area (Å²) in [5.74, 6) is 0. The van der Waals surface area contributed by atoms with Crippen molar-refractivity contribution in [3.05, 3.63) is 137 Å². The van der Waals surface area contributed by atoms with Crippen LogP contribution in [0.1, 0.15) is 27.8 Å². The highest BCUT2D eigenvalue weighted by Gasteiger charge is 2.15. The molecule has 0 fully saturated rings. The summed E-state index contributed by atoms with van der Waals surface area (Å²) in [6, 6.07) is 36.0. The Bertz CT molecular complexity index is 1450. The van der Waals surface area contributed by atoms with Gasteiger partial charge in [-0.15, -0.1) is 0 Å². The lowest BCUT2D eigenvalue weighted by Gasteiger charge is -2.17. The van der Waals surface area contributed by atoms with Crippen LogP contribution in [0.25, 0.3) is 22.0 Å². The molecule has 1 aliphatic heterocycles. The molecule has 0 saturated heterocycles. The first-order valence-corrected chi connectivity index (χ1v) is 11.8. The summed E-state index contributed by atoms with van der Waals surface area (Å²) in [7, 11) is 0. The summed E-state index contributed by atoms with van der Waals surface area (Å²) in [6.45, 7) is 5.16. The Labute approximate surface area is 201 Å². The van der Waals surface area contributed by atoms with Crippen molar-refractivity contribution in [2.75, 3.05) is 6.54 Å². The third kappa shape index (κ3) is 4.67. The molecule has 0 aliphatic carbocycles. The Kier molecular flexibility index (Phi) is 6.31. The van der Waals surface area contributed by atoms with E-state index < -0.39 is 0 Å². The lowest BCUT2D eigenvalue weighted by atomic mass is 9.92. The molecule has 0 spiro atoms. The Morgan fingerprint density at radius 1 is 0.647 bits per heavy atom. The smallest absolute Gasteiger partial charge is 0.0780 e. The van der Waals surface area contributed by atoms with Gasteiger partial charge in [-0.3, -0.25) is 9.98 Å². The Morgan fingerprint density at radius 2 is 1.32 bits per heavy atom. The van der Waals surface area contributed by atoms with Crippen LogP contribution in [0.15, 0.2) is 114 Å². The number of aryl methyl sites for hydroxylation is 2. The molecule has 2 heterocycles. The molecular formula is C32H28N2. The third-order valence-electron chi connectivity index (χ3n) is 6.18. The molecule has 0 N–H and O–H groups in total. The van der Waals surface area contributed by atoms with Gasteiger partial charge in [0.2, 0.25) is 0 Å². The van der Waals surface area contributed by atoms with E-state index in [0.717, 1.165) is 24.4 Å². The van der Waals surface area contributed by atoms with E-state index in [0.29, 0.717) is 0 Å². The van der Waals surface area contributed by atoms with E-state index in [1.165, 1.54) is 44.2 Å². The second-order valence-electron chi connectivity index (χ2n) is 8.76. The maximum Gasteiger partial charge on any atom is 0.0780 e. The van der Waals surface area contributed by atoms with Crippen molar-refractivity contribution in [2.24, 2.45) is 4.99 Å². The normalized spacial score (nSPS) is 12.4. The molecule has 2 nitrogen and oxygen atoms in total. The van der Waals surface area contributed by atoms with E-state index >= 15 is 0 Å². The molecule has 34 heavy (non-hydrogen) atoms. The van der Waals surface area contributed by atoms with Crippen molar-refractivity contribution in [2.45, 2.75) is 20.3 Å². The predicted octanol–water partition coefficient (Wildman–Crippen LogP) is 7.60. The fraction of sp³-hybridized carbons (Fsp3) is 0.125. The number of aliphatic imine (C=N–C) groups is 1. The van der Waals surface area contributed by atoms with Gasteiger partial charge in [0.25, 0.3) is 0 Å². The molecule has 5 aromatic rings. The minimum atomic E-state index is 0.903. The zero-order chi connectivity index (χ0) is 23.3. The van der Waals surface area contributed by atoms with Crippen LogP contribution in [0.3, 0.4) is 0 Å². The maximum atomic E-state index is 4.69. The number of hydrogen-bond donors (Lipinski definition) is 0. The first kappa shape index (κ1) is 21.8. The molecule has 0 amide bonds. The minimum absolute atomic E-state index is 0.903. The van der Waals surface area contributed by atoms with Gasteiger partial charge in [-0.2, -0.15) is 0 Å². The molecule has 1 aliphatic rings. The Balaban J connectivity index is 0.000000142. The number of aromatic nitrogens is 1. The molecule has 0 unspecified atom stereocenters. The second-order valence-corrected chi connectivity index (χ2v) is 8.76. The number of fused-ring (bicyclic) bond motifs is 2. The van der Waals surface area contributed by atoms with Crippen LogP contribution in [-0.4, -0.2) is 17.2 Å². The van der Waals surface area contributed by atoms with Crippen LogP contribution >= 0.6 is 0 Å². The lowest BCUT2D eigenvalue weighted by Crippen LogP contribution is -2.14. The molecule has 2 heteroatoms. The summed E-state index contributed by atoms with van der Waals surface area (Å²) in [6.07, 6.45) is 2.94. The van der Waals surface area contributed by atoms with Gasteiger partial charge in [-0.25, -0.2) is 0 Å². The van der Waals surface area contributed by atoms with Gasteiger partial charge >= 0.3 is 0 Å². The molecule has 0 radical (unpaired) electrons. The van der Waals surface area contributed by atoms with Crippen molar-refractivity contribution < 1.29 is 0 Å². The van der Waals surface area contributed by atoms with E-state index in [1.807, 2.05) is 30.5 Å². The SMILES string of the molecule is Cc1ccc2c(-c3ccccc3)nccc2c1.Cc1ccc2c(c1)CCN=C2c1ccccc1. The predicted molar refractivity (Wildman–Crippen MR) is 144 cm³/mol. The average Bonchev–Trinajstić information content (AvgIpc) is 2.89.